The van der Waals surface area contributed by atoms with Crippen LogP contribution in [0.25, 0.3) is 0 Å². The molecule has 0 aromatic carbocycles. The van der Waals surface area contributed by atoms with Crippen molar-refractivity contribution in [1.29, 1.82) is 0 Å². The third-order valence-corrected chi connectivity index (χ3v) is 3.79. The third kappa shape index (κ3) is 11.2. The van der Waals surface area contributed by atoms with E-state index in [0.29, 0.717) is 6.54 Å². The van der Waals surface area contributed by atoms with Gasteiger partial charge in [0.05, 0.1) is 11.3 Å². The van der Waals surface area contributed by atoms with E-state index < -0.39 is 21.4 Å². The van der Waals surface area contributed by atoms with Crippen molar-refractivity contribution < 1.29 is 17.8 Å². The number of hydrogen-bond acceptors (Lipinski definition) is 4. The van der Waals surface area contributed by atoms with Crippen molar-refractivity contribution in [2.75, 3.05) is 12.3 Å². The molecule has 0 saturated carbocycles. The molecule has 0 aliphatic carbocycles. The zero-order valence-corrected chi connectivity index (χ0v) is 13.6. The molecule has 0 heterocycles. The molecule has 3 N–H and O–H groups in total. The topological polar surface area (TPSA) is 95.5 Å². The maximum atomic E-state index is 11.8. The molecule has 0 aromatic heterocycles. The van der Waals surface area contributed by atoms with Gasteiger partial charge in [0.2, 0.25) is 5.91 Å². The lowest BCUT2D eigenvalue weighted by Gasteiger charge is -2.25. The second-order valence-corrected chi connectivity index (χ2v) is 7.06. The van der Waals surface area contributed by atoms with Gasteiger partial charge >= 0.3 is 0 Å². The number of carbonyl (C=O) groups is 1. The minimum Gasteiger partial charge on any atom is -0.350 e. The van der Waals surface area contributed by atoms with E-state index in [1.165, 1.54) is 0 Å². The molecule has 1 amide bonds. The lowest BCUT2D eigenvalue weighted by Crippen LogP contribution is -2.49. The van der Waals surface area contributed by atoms with Crippen molar-refractivity contribution in [3.05, 3.63) is 25.3 Å². The Bertz CT molecular complexity index is 448. The first-order valence-corrected chi connectivity index (χ1v) is 8.42. The molecule has 0 radical (unpaired) electrons. The predicted octanol–water partition coefficient (Wildman–Crippen LogP) is 1.27. The Labute approximate surface area is 127 Å². The highest BCUT2D eigenvalue weighted by molar-refractivity contribution is 7.85. The van der Waals surface area contributed by atoms with Crippen LogP contribution in [-0.4, -0.2) is 42.8 Å². The molecule has 0 aliphatic rings. The normalized spacial score (nSPS) is 12.2. The SMILES string of the molecule is C=CCC(CC=C)NCCC(=O)NC(C)(C)CS(=O)(=O)O. The van der Waals surface area contributed by atoms with E-state index in [4.69, 9.17) is 4.55 Å². The largest absolute Gasteiger partial charge is 0.350 e. The quantitative estimate of drug-likeness (QED) is 0.394. The molecular formula is C14H26N2O4S. The smallest absolute Gasteiger partial charge is 0.267 e. The van der Waals surface area contributed by atoms with E-state index in [-0.39, 0.29) is 18.4 Å². The number of rotatable bonds is 11. The molecule has 0 aliphatic heterocycles. The molecule has 0 unspecified atom stereocenters. The van der Waals surface area contributed by atoms with Crippen LogP contribution in [0, 0.1) is 0 Å². The van der Waals surface area contributed by atoms with Crippen molar-refractivity contribution in [3.63, 3.8) is 0 Å². The van der Waals surface area contributed by atoms with Gasteiger partial charge in [0, 0.05) is 19.0 Å². The maximum Gasteiger partial charge on any atom is 0.267 e. The van der Waals surface area contributed by atoms with Crippen molar-refractivity contribution in [2.45, 2.75) is 44.7 Å². The fourth-order valence-electron chi connectivity index (χ4n) is 1.99. The van der Waals surface area contributed by atoms with Gasteiger partial charge < -0.3 is 10.6 Å². The molecule has 0 atom stereocenters. The molecule has 7 heteroatoms. The molecule has 0 saturated heterocycles. The van der Waals surface area contributed by atoms with Crippen LogP contribution in [0.2, 0.25) is 0 Å². The molecule has 0 fully saturated rings. The Morgan fingerprint density at radius 1 is 1.29 bits per heavy atom. The first-order chi connectivity index (χ1) is 9.59. The van der Waals surface area contributed by atoms with Gasteiger partial charge in [-0.05, 0) is 26.7 Å². The highest BCUT2D eigenvalue weighted by Gasteiger charge is 2.26. The zero-order valence-electron chi connectivity index (χ0n) is 12.8. The monoisotopic (exact) mass is 318 g/mol. The summed E-state index contributed by atoms with van der Waals surface area (Å²) in [6.07, 6.45) is 5.39. The highest BCUT2D eigenvalue weighted by Crippen LogP contribution is 2.06. The molecule has 0 aromatic rings. The van der Waals surface area contributed by atoms with Crippen molar-refractivity contribution in [1.82, 2.24) is 10.6 Å². The third-order valence-electron chi connectivity index (χ3n) is 2.71. The number of amides is 1. The summed E-state index contributed by atoms with van der Waals surface area (Å²) in [5.41, 5.74) is -1.01. The number of carbonyl (C=O) groups excluding carboxylic acids is 1. The summed E-state index contributed by atoms with van der Waals surface area (Å²) >= 11 is 0. The van der Waals surface area contributed by atoms with E-state index in [0.717, 1.165) is 12.8 Å². The summed E-state index contributed by atoms with van der Waals surface area (Å²) < 4.78 is 30.5. The van der Waals surface area contributed by atoms with E-state index in [2.05, 4.69) is 23.8 Å². The lowest BCUT2D eigenvalue weighted by molar-refractivity contribution is -0.122. The molecule has 6 nitrogen and oxygen atoms in total. The van der Waals surface area contributed by atoms with Crippen molar-refractivity contribution in [2.24, 2.45) is 0 Å². The zero-order chi connectivity index (χ0) is 16.5. The first-order valence-electron chi connectivity index (χ1n) is 6.81. The molecule has 122 valence electrons. The summed E-state index contributed by atoms with van der Waals surface area (Å²) in [5, 5.41) is 5.81. The van der Waals surface area contributed by atoms with Gasteiger partial charge in [-0.15, -0.1) is 13.2 Å². The average Bonchev–Trinajstić information content (AvgIpc) is 2.25. The van der Waals surface area contributed by atoms with Gasteiger partial charge in [-0.3, -0.25) is 9.35 Å². The summed E-state index contributed by atoms with van der Waals surface area (Å²) in [5.74, 6) is -0.790. The van der Waals surface area contributed by atoms with E-state index in [1.807, 2.05) is 0 Å². The molecular weight excluding hydrogens is 292 g/mol. The van der Waals surface area contributed by atoms with Gasteiger partial charge in [-0.25, -0.2) is 0 Å². The summed E-state index contributed by atoms with van der Waals surface area (Å²) in [6.45, 7) is 10.9. The fourth-order valence-corrected chi connectivity index (χ4v) is 2.97. The Balaban J connectivity index is 4.20. The van der Waals surface area contributed by atoms with E-state index in [9.17, 15) is 13.2 Å². The number of hydrogen-bond donors (Lipinski definition) is 3. The van der Waals surface area contributed by atoms with Crippen LogP contribution < -0.4 is 10.6 Å². The van der Waals surface area contributed by atoms with Gasteiger partial charge in [0.25, 0.3) is 10.1 Å². The predicted molar refractivity (Wildman–Crippen MR) is 84.7 cm³/mol. The first kappa shape index (κ1) is 19.8. The fraction of sp³-hybridized carbons (Fsp3) is 0.643. The van der Waals surface area contributed by atoms with Gasteiger partial charge in [0.15, 0.2) is 0 Å². The van der Waals surface area contributed by atoms with Gasteiger partial charge in [-0.2, -0.15) is 8.42 Å². The van der Waals surface area contributed by atoms with Crippen LogP contribution in [0.1, 0.15) is 33.1 Å². The summed E-state index contributed by atoms with van der Waals surface area (Å²) in [4.78, 5) is 11.8. The highest BCUT2D eigenvalue weighted by atomic mass is 32.2. The van der Waals surface area contributed by atoms with Crippen LogP contribution >= 0.6 is 0 Å². The van der Waals surface area contributed by atoms with Crippen molar-refractivity contribution >= 4 is 16.0 Å². The molecule has 0 rings (SSSR count). The van der Waals surface area contributed by atoms with E-state index >= 15 is 0 Å². The summed E-state index contributed by atoms with van der Waals surface area (Å²) in [7, 11) is -4.13. The van der Waals surface area contributed by atoms with Crippen LogP contribution in [0.4, 0.5) is 0 Å². The maximum absolute atomic E-state index is 11.8. The van der Waals surface area contributed by atoms with Crippen LogP contribution in [-0.2, 0) is 14.9 Å². The van der Waals surface area contributed by atoms with E-state index in [1.54, 1.807) is 26.0 Å². The Hall–Kier alpha value is -1.18. The molecule has 21 heavy (non-hydrogen) atoms. The summed E-state index contributed by atoms with van der Waals surface area (Å²) in [6, 6.07) is 0.193. The average molecular weight is 318 g/mol. The Kier molecular flexibility index (Phi) is 8.46. The standard InChI is InChI=1S/C14H26N2O4S/c1-5-7-12(8-6-2)15-10-9-13(17)16-14(3,4)11-21(18,19)20/h5-6,12,15H,1-2,7-11H2,3-4H3,(H,16,17)(H,18,19,20). The second kappa shape index (κ2) is 8.96. The minimum absolute atomic E-state index is 0.193. The number of nitrogens with one attached hydrogen (secondary N) is 2. The molecule has 0 spiro atoms. The minimum atomic E-state index is -4.13. The van der Waals surface area contributed by atoms with Crippen molar-refractivity contribution in [3.8, 4) is 0 Å². The van der Waals surface area contributed by atoms with Crippen LogP contribution in [0.3, 0.4) is 0 Å². The Morgan fingerprint density at radius 3 is 2.24 bits per heavy atom. The molecule has 0 bridgehead atoms. The van der Waals surface area contributed by atoms with Crippen LogP contribution in [0.5, 0.6) is 0 Å². The Morgan fingerprint density at radius 2 is 1.81 bits per heavy atom. The van der Waals surface area contributed by atoms with Gasteiger partial charge in [0.1, 0.15) is 0 Å². The lowest BCUT2D eigenvalue weighted by atomic mass is 10.1. The van der Waals surface area contributed by atoms with Crippen LogP contribution in [0.15, 0.2) is 25.3 Å². The van der Waals surface area contributed by atoms with Gasteiger partial charge in [-0.1, -0.05) is 12.2 Å². The second-order valence-electron chi connectivity index (χ2n) is 5.61.